The number of benzene rings is 1. The maximum absolute atomic E-state index is 12.9. The predicted octanol–water partition coefficient (Wildman–Crippen LogP) is 2.74. The van der Waals surface area contributed by atoms with Crippen LogP contribution in [0.15, 0.2) is 28.7 Å². The molecule has 0 atom stereocenters. The molecule has 7 heteroatoms. The Labute approximate surface area is 157 Å². The van der Waals surface area contributed by atoms with Gasteiger partial charge in [-0.2, -0.15) is 0 Å². The summed E-state index contributed by atoms with van der Waals surface area (Å²) in [5.41, 5.74) is 2.10. The zero-order valence-electron chi connectivity index (χ0n) is 15.8. The molecule has 1 saturated heterocycles. The number of hydrogen-bond donors (Lipinski definition) is 1. The van der Waals surface area contributed by atoms with E-state index in [1.807, 2.05) is 25.7 Å². The minimum Gasteiger partial charge on any atom is -0.466 e. The summed E-state index contributed by atoms with van der Waals surface area (Å²) < 4.78 is 18.5. The van der Waals surface area contributed by atoms with E-state index in [9.17, 15) is 14.0 Å². The fraction of sp³-hybridized carbons (Fsp3) is 0.400. The van der Waals surface area contributed by atoms with Gasteiger partial charge in [0.25, 0.3) is 5.91 Å². The molecule has 0 aliphatic carbocycles. The van der Waals surface area contributed by atoms with E-state index in [2.05, 4.69) is 5.32 Å². The van der Waals surface area contributed by atoms with Crippen LogP contribution in [0, 0.1) is 26.6 Å². The van der Waals surface area contributed by atoms with Crippen molar-refractivity contribution in [1.82, 2.24) is 9.80 Å². The van der Waals surface area contributed by atoms with Crippen LogP contribution < -0.4 is 5.32 Å². The minimum atomic E-state index is -0.341. The Morgan fingerprint density at radius 2 is 1.67 bits per heavy atom. The highest BCUT2D eigenvalue weighted by molar-refractivity contribution is 5.97. The number of amides is 2. The molecule has 0 bridgehead atoms. The number of anilines is 1. The third-order valence-corrected chi connectivity index (χ3v) is 4.93. The number of rotatable bonds is 4. The van der Waals surface area contributed by atoms with Crippen molar-refractivity contribution in [3.8, 4) is 0 Å². The highest BCUT2D eigenvalue weighted by Crippen LogP contribution is 2.23. The lowest BCUT2D eigenvalue weighted by Crippen LogP contribution is -2.50. The molecule has 1 aromatic heterocycles. The average molecular weight is 373 g/mol. The number of nitrogens with one attached hydrogen (secondary N) is 1. The zero-order chi connectivity index (χ0) is 19.6. The lowest BCUT2D eigenvalue weighted by molar-refractivity contribution is -0.117. The fourth-order valence-electron chi connectivity index (χ4n) is 3.31. The SMILES string of the molecule is Cc1oc(C)c(C(=O)N2CCN(CC(=O)Nc3ccc(F)cc3)CC2)c1C. The van der Waals surface area contributed by atoms with Crippen molar-refractivity contribution in [2.75, 3.05) is 38.0 Å². The smallest absolute Gasteiger partial charge is 0.257 e. The van der Waals surface area contributed by atoms with Crippen LogP contribution in [0.2, 0.25) is 0 Å². The van der Waals surface area contributed by atoms with Crippen LogP contribution >= 0.6 is 0 Å². The largest absolute Gasteiger partial charge is 0.466 e. The molecule has 2 amide bonds. The second kappa shape index (κ2) is 7.92. The molecule has 3 rings (SSSR count). The Morgan fingerprint density at radius 1 is 1.04 bits per heavy atom. The van der Waals surface area contributed by atoms with Gasteiger partial charge in [-0.15, -0.1) is 0 Å². The highest BCUT2D eigenvalue weighted by atomic mass is 19.1. The molecule has 0 spiro atoms. The van der Waals surface area contributed by atoms with E-state index in [-0.39, 0.29) is 24.2 Å². The maximum Gasteiger partial charge on any atom is 0.257 e. The van der Waals surface area contributed by atoms with Crippen LogP contribution in [0.25, 0.3) is 0 Å². The topological polar surface area (TPSA) is 65.8 Å². The third kappa shape index (κ3) is 4.36. The monoisotopic (exact) mass is 373 g/mol. The molecule has 1 aliphatic heterocycles. The Balaban J connectivity index is 1.52. The molecule has 1 fully saturated rings. The number of piperazine rings is 1. The first-order valence-corrected chi connectivity index (χ1v) is 8.99. The summed E-state index contributed by atoms with van der Waals surface area (Å²) in [7, 11) is 0. The third-order valence-electron chi connectivity index (χ3n) is 4.93. The molecule has 144 valence electrons. The summed E-state index contributed by atoms with van der Waals surface area (Å²) in [4.78, 5) is 28.8. The van der Waals surface area contributed by atoms with Crippen LogP contribution in [0.5, 0.6) is 0 Å². The Bertz CT molecular complexity index is 837. The molecule has 6 nitrogen and oxygen atoms in total. The molecule has 1 aromatic carbocycles. The van der Waals surface area contributed by atoms with Gasteiger partial charge in [-0.25, -0.2) is 4.39 Å². The van der Waals surface area contributed by atoms with Gasteiger partial charge in [-0.1, -0.05) is 0 Å². The van der Waals surface area contributed by atoms with Crippen molar-refractivity contribution in [1.29, 1.82) is 0 Å². The van der Waals surface area contributed by atoms with Crippen molar-refractivity contribution < 1.29 is 18.4 Å². The lowest BCUT2D eigenvalue weighted by atomic mass is 10.1. The fourth-order valence-corrected chi connectivity index (χ4v) is 3.31. The van der Waals surface area contributed by atoms with E-state index >= 15 is 0 Å². The van der Waals surface area contributed by atoms with Crippen molar-refractivity contribution in [3.05, 3.63) is 52.7 Å². The number of carbonyl (C=O) groups is 2. The maximum atomic E-state index is 12.9. The molecule has 0 saturated carbocycles. The van der Waals surface area contributed by atoms with Crippen LogP contribution in [0.4, 0.5) is 10.1 Å². The van der Waals surface area contributed by atoms with E-state index in [0.717, 1.165) is 11.3 Å². The van der Waals surface area contributed by atoms with Gasteiger partial charge in [0.05, 0.1) is 12.1 Å². The van der Waals surface area contributed by atoms with Gasteiger partial charge in [0.1, 0.15) is 17.3 Å². The highest BCUT2D eigenvalue weighted by Gasteiger charge is 2.27. The Kier molecular flexibility index (Phi) is 5.60. The van der Waals surface area contributed by atoms with E-state index in [1.54, 1.807) is 4.90 Å². The Morgan fingerprint density at radius 3 is 2.22 bits per heavy atom. The van der Waals surface area contributed by atoms with E-state index in [4.69, 9.17) is 4.42 Å². The first-order valence-electron chi connectivity index (χ1n) is 8.99. The molecule has 0 radical (unpaired) electrons. The zero-order valence-corrected chi connectivity index (χ0v) is 15.8. The van der Waals surface area contributed by atoms with Crippen molar-refractivity contribution in [2.45, 2.75) is 20.8 Å². The van der Waals surface area contributed by atoms with Crippen molar-refractivity contribution >= 4 is 17.5 Å². The summed E-state index contributed by atoms with van der Waals surface area (Å²) in [6, 6.07) is 5.67. The number of hydrogen-bond acceptors (Lipinski definition) is 4. The molecule has 2 heterocycles. The number of nitrogens with zero attached hydrogens (tertiary/aromatic N) is 2. The van der Waals surface area contributed by atoms with Crippen LogP contribution in [-0.2, 0) is 4.79 Å². The first kappa shape index (κ1) is 19.1. The molecule has 27 heavy (non-hydrogen) atoms. The number of halogens is 1. The first-order chi connectivity index (χ1) is 12.8. The average Bonchev–Trinajstić information content (AvgIpc) is 2.89. The van der Waals surface area contributed by atoms with Gasteiger partial charge in [0.15, 0.2) is 0 Å². The molecular formula is C20H24FN3O3. The quantitative estimate of drug-likeness (QED) is 0.895. The van der Waals surface area contributed by atoms with Gasteiger partial charge in [0, 0.05) is 37.4 Å². The van der Waals surface area contributed by atoms with Crippen molar-refractivity contribution in [3.63, 3.8) is 0 Å². The number of aryl methyl sites for hydroxylation is 2. The van der Waals surface area contributed by atoms with E-state index in [1.165, 1.54) is 24.3 Å². The van der Waals surface area contributed by atoms with Gasteiger partial charge in [-0.05, 0) is 45.0 Å². The molecular weight excluding hydrogens is 349 g/mol. The molecule has 0 unspecified atom stereocenters. The Hall–Kier alpha value is -2.67. The predicted molar refractivity (Wildman–Crippen MR) is 100 cm³/mol. The number of carbonyl (C=O) groups excluding carboxylic acids is 2. The number of furan rings is 1. The van der Waals surface area contributed by atoms with Crippen LogP contribution in [-0.4, -0.2) is 54.3 Å². The molecule has 1 aliphatic rings. The van der Waals surface area contributed by atoms with Crippen LogP contribution in [0.1, 0.15) is 27.4 Å². The van der Waals surface area contributed by atoms with Gasteiger partial charge < -0.3 is 14.6 Å². The van der Waals surface area contributed by atoms with Gasteiger partial charge in [0.2, 0.25) is 5.91 Å². The lowest BCUT2D eigenvalue weighted by Gasteiger charge is -2.34. The summed E-state index contributed by atoms with van der Waals surface area (Å²) in [5.74, 6) is 0.908. The minimum absolute atomic E-state index is 0.0164. The summed E-state index contributed by atoms with van der Waals surface area (Å²) in [5, 5.41) is 2.75. The summed E-state index contributed by atoms with van der Waals surface area (Å²) in [6.45, 7) is 8.17. The standard InChI is InChI=1S/C20H24FN3O3/c1-13-14(2)27-15(3)19(13)20(26)24-10-8-23(9-11-24)12-18(25)22-17-6-4-16(21)5-7-17/h4-7H,8-12H2,1-3H3,(H,22,25). The summed E-state index contributed by atoms with van der Waals surface area (Å²) in [6.07, 6.45) is 0. The normalized spacial score (nSPS) is 15.0. The van der Waals surface area contributed by atoms with Crippen LogP contribution in [0.3, 0.4) is 0 Å². The van der Waals surface area contributed by atoms with E-state index in [0.29, 0.717) is 43.2 Å². The van der Waals surface area contributed by atoms with E-state index < -0.39 is 0 Å². The second-order valence-corrected chi connectivity index (χ2v) is 6.84. The van der Waals surface area contributed by atoms with Gasteiger partial charge in [-0.3, -0.25) is 14.5 Å². The van der Waals surface area contributed by atoms with Gasteiger partial charge >= 0.3 is 0 Å². The molecule has 1 N–H and O–H groups in total. The second-order valence-electron chi connectivity index (χ2n) is 6.84. The summed E-state index contributed by atoms with van der Waals surface area (Å²) >= 11 is 0. The molecule has 2 aromatic rings. The van der Waals surface area contributed by atoms with Crippen molar-refractivity contribution in [2.24, 2.45) is 0 Å².